The lowest BCUT2D eigenvalue weighted by molar-refractivity contribution is 0.102. The Bertz CT molecular complexity index is 1160. The summed E-state index contributed by atoms with van der Waals surface area (Å²) in [4.78, 5) is 31.6. The summed E-state index contributed by atoms with van der Waals surface area (Å²) >= 11 is 1.52. The second-order valence-electron chi connectivity index (χ2n) is 9.62. The van der Waals surface area contributed by atoms with Crippen LogP contribution in [0.15, 0.2) is 48.8 Å². The zero-order chi connectivity index (χ0) is 24.3. The van der Waals surface area contributed by atoms with Gasteiger partial charge in [0.05, 0.1) is 17.7 Å². The summed E-state index contributed by atoms with van der Waals surface area (Å²) in [6, 6.07) is 10.8. The summed E-state index contributed by atoms with van der Waals surface area (Å²) in [5.41, 5.74) is 2.94. The van der Waals surface area contributed by atoms with E-state index in [1.54, 1.807) is 18.3 Å². The van der Waals surface area contributed by atoms with Gasteiger partial charge in [-0.25, -0.2) is 0 Å². The van der Waals surface area contributed by atoms with Crippen molar-refractivity contribution in [2.75, 3.05) is 17.2 Å². The molecule has 2 heterocycles. The Morgan fingerprint density at radius 2 is 1.88 bits per heavy atom. The van der Waals surface area contributed by atoms with Crippen LogP contribution in [-0.2, 0) is 12.8 Å². The number of rotatable bonds is 6. The first-order valence-electron chi connectivity index (χ1n) is 11.7. The maximum Gasteiger partial charge on any atom is 0.258 e. The first-order chi connectivity index (χ1) is 16.3. The van der Waals surface area contributed by atoms with E-state index in [0.717, 1.165) is 30.6 Å². The molecule has 0 saturated heterocycles. The Balaban J connectivity index is 1.64. The third kappa shape index (κ3) is 5.30. The van der Waals surface area contributed by atoms with Gasteiger partial charge in [0, 0.05) is 23.0 Å². The number of carbonyl (C=O) groups is 2. The minimum absolute atomic E-state index is 0.186. The summed E-state index contributed by atoms with van der Waals surface area (Å²) in [7, 11) is 0. The highest BCUT2D eigenvalue weighted by molar-refractivity contribution is 7.17. The molecule has 0 spiro atoms. The number of fused-ring (bicyclic) bond motifs is 1. The molecule has 1 aromatic carbocycles. The van der Waals surface area contributed by atoms with Crippen LogP contribution in [0.4, 0.5) is 10.7 Å². The normalized spacial score (nSPS) is 15.4. The van der Waals surface area contributed by atoms with Crippen molar-refractivity contribution in [3.05, 3.63) is 70.4 Å². The van der Waals surface area contributed by atoms with Crippen molar-refractivity contribution in [3.63, 3.8) is 0 Å². The van der Waals surface area contributed by atoms with E-state index in [-0.39, 0.29) is 17.2 Å². The molecule has 1 aliphatic rings. The van der Waals surface area contributed by atoms with E-state index in [9.17, 15) is 9.59 Å². The molecular weight excluding hydrogens is 446 g/mol. The van der Waals surface area contributed by atoms with Crippen molar-refractivity contribution in [2.24, 2.45) is 11.3 Å². The topological polar surface area (TPSA) is 80.3 Å². The van der Waals surface area contributed by atoms with Crippen LogP contribution in [-0.4, -0.2) is 23.4 Å². The highest BCUT2D eigenvalue weighted by Crippen LogP contribution is 2.44. The number of pyridine rings is 1. The number of benzene rings is 1. The average molecular weight is 478 g/mol. The van der Waals surface area contributed by atoms with Crippen LogP contribution in [0.5, 0.6) is 5.75 Å². The van der Waals surface area contributed by atoms with Crippen molar-refractivity contribution in [1.29, 1.82) is 0 Å². The van der Waals surface area contributed by atoms with Crippen molar-refractivity contribution < 1.29 is 14.3 Å². The van der Waals surface area contributed by atoms with Crippen molar-refractivity contribution >= 4 is 33.8 Å². The molecule has 4 rings (SSSR count). The molecule has 0 bridgehead atoms. The number of thiophene rings is 1. The van der Waals surface area contributed by atoms with Gasteiger partial charge in [-0.1, -0.05) is 20.8 Å². The first kappa shape index (κ1) is 24.0. The maximum absolute atomic E-state index is 13.5. The smallest absolute Gasteiger partial charge is 0.258 e. The largest absolute Gasteiger partial charge is 0.494 e. The van der Waals surface area contributed by atoms with Gasteiger partial charge in [-0.2, -0.15) is 0 Å². The van der Waals surface area contributed by atoms with E-state index in [1.807, 2.05) is 31.2 Å². The molecule has 0 saturated carbocycles. The zero-order valence-corrected chi connectivity index (χ0v) is 20.9. The Labute approximate surface area is 204 Å². The third-order valence-electron chi connectivity index (χ3n) is 6.29. The molecule has 3 aromatic rings. The average Bonchev–Trinajstić information content (AvgIpc) is 3.17. The third-order valence-corrected chi connectivity index (χ3v) is 7.46. The monoisotopic (exact) mass is 477 g/mol. The van der Waals surface area contributed by atoms with Crippen molar-refractivity contribution in [1.82, 2.24) is 4.98 Å². The van der Waals surface area contributed by atoms with Gasteiger partial charge < -0.3 is 15.4 Å². The molecule has 2 amide bonds. The van der Waals surface area contributed by atoms with Crippen molar-refractivity contribution in [3.8, 4) is 5.75 Å². The highest BCUT2D eigenvalue weighted by atomic mass is 32.1. The van der Waals surface area contributed by atoms with Gasteiger partial charge in [-0.3, -0.25) is 14.6 Å². The quantitative estimate of drug-likeness (QED) is 0.443. The van der Waals surface area contributed by atoms with Gasteiger partial charge in [0.1, 0.15) is 10.8 Å². The molecule has 2 N–H and O–H groups in total. The predicted octanol–water partition coefficient (Wildman–Crippen LogP) is 6.20. The minimum atomic E-state index is -0.269. The fourth-order valence-corrected chi connectivity index (χ4v) is 5.64. The van der Waals surface area contributed by atoms with E-state index in [4.69, 9.17) is 4.74 Å². The van der Waals surface area contributed by atoms with Crippen LogP contribution in [0, 0.1) is 11.3 Å². The number of nitrogens with one attached hydrogen (secondary N) is 2. The van der Waals surface area contributed by atoms with E-state index < -0.39 is 0 Å². The second kappa shape index (κ2) is 9.97. The molecule has 0 aliphatic heterocycles. The number of ether oxygens (including phenoxy) is 1. The van der Waals surface area contributed by atoms with Gasteiger partial charge in [-0.15, -0.1) is 11.3 Å². The Kier molecular flexibility index (Phi) is 7.03. The summed E-state index contributed by atoms with van der Waals surface area (Å²) < 4.78 is 5.49. The Hall–Kier alpha value is -3.19. The van der Waals surface area contributed by atoms with E-state index in [1.165, 1.54) is 22.4 Å². The molecular formula is C27H31N3O3S. The standard InChI is InChI=1S/C27H31N3O3S/c1-5-33-20-11-9-19(10-12-20)29-25(32)23-21-13-8-18(27(2,3)4)15-22(21)34-26(23)30-24(31)17-7-6-14-28-16-17/h6-7,9-12,14,16,18H,5,8,13,15H2,1-4H3,(H,29,32)(H,30,31)/t18-/m0/s1. The van der Waals surface area contributed by atoms with Crippen LogP contribution in [0.1, 0.15) is 65.3 Å². The Morgan fingerprint density at radius 3 is 2.53 bits per heavy atom. The number of hydrogen-bond acceptors (Lipinski definition) is 5. The zero-order valence-electron chi connectivity index (χ0n) is 20.1. The van der Waals surface area contributed by atoms with Gasteiger partial charge in [0.25, 0.3) is 11.8 Å². The molecule has 0 radical (unpaired) electrons. The molecule has 178 valence electrons. The highest BCUT2D eigenvalue weighted by Gasteiger charge is 2.34. The number of anilines is 2. The van der Waals surface area contributed by atoms with Crippen LogP contribution in [0.25, 0.3) is 0 Å². The summed E-state index contributed by atoms with van der Waals surface area (Å²) in [5.74, 6) is 0.806. The summed E-state index contributed by atoms with van der Waals surface area (Å²) in [6.45, 7) is 9.31. The van der Waals surface area contributed by atoms with Crippen LogP contribution < -0.4 is 15.4 Å². The number of amides is 2. The molecule has 7 heteroatoms. The molecule has 34 heavy (non-hydrogen) atoms. The van der Waals surface area contributed by atoms with Gasteiger partial charge >= 0.3 is 0 Å². The molecule has 1 atom stereocenters. The maximum atomic E-state index is 13.5. The van der Waals surface area contributed by atoms with E-state index >= 15 is 0 Å². The molecule has 1 aliphatic carbocycles. The number of hydrogen-bond donors (Lipinski definition) is 2. The van der Waals surface area contributed by atoms with E-state index in [0.29, 0.717) is 34.3 Å². The van der Waals surface area contributed by atoms with Crippen LogP contribution >= 0.6 is 11.3 Å². The fourth-order valence-electron chi connectivity index (χ4n) is 4.32. The molecule has 6 nitrogen and oxygen atoms in total. The number of aromatic nitrogens is 1. The van der Waals surface area contributed by atoms with Gasteiger partial charge in [0.15, 0.2) is 0 Å². The SMILES string of the molecule is CCOc1ccc(NC(=O)c2c(NC(=O)c3cccnc3)sc3c2CC[C@H](C(C)(C)C)C3)cc1. The van der Waals surface area contributed by atoms with Gasteiger partial charge in [-0.05, 0) is 79.5 Å². The van der Waals surface area contributed by atoms with Gasteiger partial charge in [0.2, 0.25) is 0 Å². The lowest BCUT2D eigenvalue weighted by Crippen LogP contribution is -2.27. The fraction of sp³-hybridized carbons (Fsp3) is 0.370. The molecule has 0 unspecified atom stereocenters. The first-order valence-corrected chi connectivity index (χ1v) is 12.5. The summed E-state index contributed by atoms with van der Waals surface area (Å²) in [5, 5.41) is 6.59. The number of carbonyl (C=O) groups excluding carboxylic acids is 2. The Morgan fingerprint density at radius 1 is 1.12 bits per heavy atom. The second-order valence-corrected chi connectivity index (χ2v) is 10.7. The van der Waals surface area contributed by atoms with Crippen molar-refractivity contribution in [2.45, 2.75) is 47.0 Å². The lowest BCUT2D eigenvalue weighted by atomic mass is 9.72. The van der Waals surface area contributed by atoms with Crippen LogP contribution in [0.3, 0.4) is 0 Å². The molecule has 0 fully saturated rings. The molecule has 2 aromatic heterocycles. The lowest BCUT2D eigenvalue weighted by Gasteiger charge is -2.33. The van der Waals surface area contributed by atoms with Crippen LogP contribution in [0.2, 0.25) is 0 Å². The summed E-state index contributed by atoms with van der Waals surface area (Å²) in [6.07, 6.45) is 5.91. The number of nitrogens with zero attached hydrogens (tertiary/aromatic N) is 1. The van der Waals surface area contributed by atoms with E-state index in [2.05, 4.69) is 36.4 Å². The predicted molar refractivity (Wildman–Crippen MR) is 137 cm³/mol. The minimum Gasteiger partial charge on any atom is -0.494 e.